The topological polar surface area (TPSA) is 34.2 Å². The quantitative estimate of drug-likeness (QED) is 0.338. The molecule has 0 aliphatic carbocycles. The molecule has 0 saturated carbocycles. The van der Waals surface area contributed by atoms with E-state index in [1.54, 1.807) is 0 Å². The smallest absolute Gasteiger partial charge is 0.407 e. The second-order valence-corrected chi connectivity index (χ2v) is 24.0. The summed E-state index contributed by atoms with van der Waals surface area (Å²) in [5, 5.41) is 0. The molecule has 1 atom stereocenters. The van der Waals surface area contributed by atoms with Gasteiger partial charge < -0.3 is 17.5 Å². The van der Waals surface area contributed by atoms with Gasteiger partial charge in [-0.05, 0) is 51.0 Å². The maximum atomic E-state index is 6.27. The average molecular weight is 449 g/mol. The van der Waals surface area contributed by atoms with Crippen LogP contribution in [-0.2, 0) is 13.3 Å². The van der Waals surface area contributed by atoms with Crippen molar-refractivity contribution in [3.05, 3.63) is 0 Å². The van der Waals surface area contributed by atoms with Crippen LogP contribution >= 0.6 is 0 Å². The molecular formula is C18H44N2O3Si4. The van der Waals surface area contributed by atoms with Crippen LogP contribution < -0.4 is 0 Å². The van der Waals surface area contributed by atoms with Crippen LogP contribution in [0.2, 0.25) is 49.9 Å². The molecule has 2 fully saturated rings. The van der Waals surface area contributed by atoms with Crippen LogP contribution in [0.1, 0.15) is 25.7 Å². The van der Waals surface area contributed by atoms with E-state index in [0.29, 0.717) is 0 Å². The van der Waals surface area contributed by atoms with Crippen molar-refractivity contribution < 1.29 is 13.3 Å². The van der Waals surface area contributed by atoms with E-state index in [1.807, 2.05) is 21.3 Å². The second-order valence-electron chi connectivity index (χ2n) is 9.31. The fourth-order valence-electron chi connectivity index (χ4n) is 5.26. The summed E-state index contributed by atoms with van der Waals surface area (Å²) >= 11 is 0. The van der Waals surface area contributed by atoms with Gasteiger partial charge in [0.2, 0.25) is 0 Å². The Morgan fingerprint density at radius 2 is 1.56 bits per heavy atom. The monoisotopic (exact) mass is 448 g/mol. The van der Waals surface area contributed by atoms with Crippen LogP contribution in [0.5, 0.6) is 0 Å². The summed E-state index contributed by atoms with van der Waals surface area (Å²) in [4.78, 5) is 0. The SMILES string of the molecule is CO[Si]1(CCC[SiH2]CCCN2CCC[Si]2(OC)OC)CCCN1[Si](C)(C)C. The maximum absolute atomic E-state index is 6.27. The third-order valence-corrected chi connectivity index (χ3v) is 21.7. The van der Waals surface area contributed by atoms with E-state index in [9.17, 15) is 0 Å². The third kappa shape index (κ3) is 5.85. The molecule has 1 unspecified atom stereocenters. The highest BCUT2D eigenvalue weighted by Gasteiger charge is 2.49. The van der Waals surface area contributed by atoms with Crippen LogP contribution in [0.3, 0.4) is 0 Å². The van der Waals surface area contributed by atoms with Gasteiger partial charge in [-0.15, -0.1) is 0 Å². The summed E-state index contributed by atoms with van der Waals surface area (Å²) < 4.78 is 23.3. The van der Waals surface area contributed by atoms with Crippen molar-refractivity contribution in [2.24, 2.45) is 0 Å². The predicted octanol–water partition coefficient (Wildman–Crippen LogP) is 3.34. The largest absolute Gasteiger partial charge is 0.427 e. The Balaban J connectivity index is 1.66. The molecule has 160 valence electrons. The summed E-state index contributed by atoms with van der Waals surface area (Å²) in [7, 11) is 0.888. The standard InChI is InChI=1S/C18H44N2O3Si4/c1-21-26(16-9-13-20(26)25(4,5)6)17-10-15-24-14-7-11-19-12-8-18-27(19,22-2)23-3/h7-18,24H2,1-6H3. The van der Waals surface area contributed by atoms with Crippen molar-refractivity contribution in [2.45, 2.75) is 75.5 Å². The summed E-state index contributed by atoms with van der Waals surface area (Å²) in [5.74, 6) is 0. The average Bonchev–Trinajstić information content (AvgIpc) is 3.25. The zero-order valence-corrected chi connectivity index (χ0v) is 23.2. The van der Waals surface area contributed by atoms with Gasteiger partial charge in [0, 0.05) is 36.9 Å². The molecule has 2 heterocycles. The van der Waals surface area contributed by atoms with E-state index < -0.39 is 25.4 Å². The predicted molar refractivity (Wildman–Crippen MR) is 125 cm³/mol. The molecule has 2 rings (SSSR count). The Bertz CT molecular complexity index is 449. The van der Waals surface area contributed by atoms with Gasteiger partial charge in [-0.3, -0.25) is 4.57 Å². The van der Waals surface area contributed by atoms with Crippen molar-refractivity contribution in [3.8, 4) is 0 Å². The highest BCUT2D eigenvalue weighted by Crippen LogP contribution is 2.36. The maximum Gasteiger partial charge on any atom is 0.427 e. The Kier molecular flexibility index (Phi) is 9.42. The normalized spacial score (nSPS) is 27.3. The molecule has 0 bridgehead atoms. The minimum atomic E-state index is -2.01. The molecule has 0 N–H and O–H groups in total. The highest BCUT2D eigenvalue weighted by molar-refractivity contribution is 6.88. The molecule has 9 heteroatoms. The summed E-state index contributed by atoms with van der Waals surface area (Å²) in [6.45, 7) is 11.1. The number of nitrogens with zero attached hydrogens (tertiary/aromatic N) is 2. The van der Waals surface area contributed by atoms with Gasteiger partial charge >= 0.3 is 8.72 Å². The molecule has 0 radical (unpaired) electrons. The molecule has 27 heavy (non-hydrogen) atoms. The second kappa shape index (κ2) is 10.6. The Hall–Kier alpha value is 0.668. The number of hydrogen-bond donors (Lipinski definition) is 0. The lowest BCUT2D eigenvalue weighted by Gasteiger charge is -2.42. The van der Waals surface area contributed by atoms with E-state index in [1.165, 1.54) is 69.5 Å². The lowest BCUT2D eigenvalue weighted by Crippen LogP contribution is -2.61. The fraction of sp³-hybridized carbons (Fsp3) is 1.00. The van der Waals surface area contributed by atoms with Gasteiger partial charge in [-0.2, -0.15) is 0 Å². The molecule has 0 aromatic carbocycles. The van der Waals surface area contributed by atoms with Gasteiger partial charge in [-0.1, -0.05) is 38.2 Å². The highest BCUT2D eigenvalue weighted by atomic mass is 28.4. The molecule has 2 aliphatic rings. The van der Waals surface area contributed by atoms with Crippen LogP contribution in [0, 0.1) is 0 Å². The molecular weight excluding hydrogens is 405 g/mol. The Morgan fingerprint density at radius 3 is 2.19 bits per heavy atom. The van der Waals surface area contributed by atoms with Crippen molar-refractivity contribution in [3.63, 3.8) is 0 Å². The lowest BCUT2D eigenvalue weighted by atomic mass is 10.4. The van der Waals surface area contributed by atoms with Crippen molar-refractivity contribution in [1.82, 2.24) is 8.80 Å². The van der Waals surface area contributed by atoms with Crippen molar-refractivity contribution in [1.29, 1.82) is 0 Å². The number of hydrogen-bond acceptors (Lipinski definition) is 5. The van der Waals surface area contributed by atoms with Gasteiger partial charge in [0.15, 0.2) is 0 Å². The fourth-order valence-corrected chi connectivity index (χ4v) is 20.5. The Morgan fingerprint density at radius 1 is 0.889 bits per heavy atom. The summed E-state index contributed by atoms with van der Waals surface area (Å²) in [6.07, 6.45) is 5.35. The zero-order valence-electron chi connectivity index (χ0n) is 18.8. The van der Waals surface area contributed by atoms with Crippen molar-refractivity contribution >= 4 is 35.0 Å². The van der Waals surface area contributed by atoms with Crippen LogP contribution in [0.15, 0.2) is 0 Å². The molecule has 5 nitrogen and oxygen atoms in total. The first-order chi connectivity index (χ1) is 12.8. The zero-order chi connectivity index (χ0) is 20.0. The van der Waals surface area contributed by atoms with E-state index in [-0.39, 0.29) is 9.52 Å². The Labute approximate surface area is 173 Å². The lowest BCUT2D eigenvalue weighted by molar-refractivity contribution is 0.182. The number of rotatable bonds is 12. The third-order valence-electron chi connectivity index (χ3n) is 6.67. The van der Waals surface area contributed by atoms with Gasteiger partial charge in [0.05, 0.1) is 0 Å². The molecule has 2 aliphatic heterocycles. The first-order valence-electron chi connectivity index (χ1n) is 11.0. The van der Waals surface area contributed by atoms with E-state index in [0.717, 1.165) is 6.04 Å². The molecule has 0 spiro atoms. The van der Waals surface area contributed by atoms with Gasteiger partial charge in [0.1, 0.15) is 8.24 Å². The minimum Gasteiger partial charge on any atom is -0.407 e. The molecule has 0 aromatic rings. The molecule has 2 saturated heterocycles. The van der Waals surface area contributed by atoms with E-state index in [4.69, 9.17) is 13.3 Å². The molecule has 0 amide bonds. The van der Waals surface area contributed by atoms with E-state index >= 15 is 0 Å². The van der Waals surface area contributed by atoms with Crippen LogP contribution in [0.4, 0.5) is 0 Å². The van der Waals surface area contributed by atoms with Gasteiger partial charge in [-0.25, -0.2) is 0 Å². The molecule has 0 aromatic heterocycles. The van der Waals surface area contributed by atoms with Crippen molar-refractivity contribution in [2.75, 3.05) is 41.0 Å². The minimum absolute atomic E-state index is 0.0687. The first kappa shape index (κ1) is 23.9. The van der Waals surface area contributed by atoms with Crippen LogP contribution in [0.25, 0.3) is 0 Å². The summed E-state index contributed by atoms with van der Waals surface area (Å²) in [5.41, 5.74) is 0. The van der Waals surface area contributed by atoms with Gasteiger partial charge in [0.25, 0.3) is 8.48 Å². The van der Waals surface area contributed by atoms with E-state index in [2.05, 4.69) is 28.4 Å². The summed E-state index contributed by atoms with van der Waals surface area (Å²) in [6, 6.07) is 6.83. The van der Waals surface area contributed by atoms with Crippen LogP contribution in [-0.4, -0.2) is 84.7 Å². The first-order valence-corrected chi connectivity index (χ1v) is 20.7.